The first-order valence-corrected chi connectivity index (χ1v) is 6.76. The molecule has 0 aromatic heterocycles. The molecular weight excluding hydrogens is 180 g/mol. The number of allylic oxidation sites excluding steroid dienone is 2. The number of hydrogen-bond acceptors (Lipinski definition) is 0. The van der Waals surface area contributed by atoms with E-state index in [1.54, 1.807) is 0 Å². The van der Waals surface area contributed by atoms with Gasteiger partial charge in [-0.05, 0) is 49.4 Å². The van der Waals surface area contributed by atoms with E-state index in [9.17, 15) is 0 Å². The highest BCUT2D eigenvalue weighted by Gasteiger charge is 2.27. The van der Waals surface area contributed by atoms with E-state index in [1.165, 1.54) is 32.1 Å². The van der Waals surface area contributed by atoms with Crippen LogP contribution in [0.3, 0.4) is 0 Å². The molecule has 1 saturated carbocycles. The van der Waals surface area contributed by atoms with Crippen molar-refractivity contribution in [3.63, 3.8) is 0 Å². The van der Waals surface area contributed by atoms with Crippen molar-refractivity contribution in [1.82, 2.24) is 0 Å². The summed E-state index contributed by atoms with van der Waals surface area (Å²) < 4.78 is 0. The van der Waals surface area contributed by atoms with Gasteiger partial charge in [0.1, 0.15) is 0 Å². The second-order valence-corrected chi connectivity index (χ2v) is 5.90. The highest BCUT2D eigenvalue weighted by Crippen LogP contribution is 2.38. The molecule has 0 aliphatic heterocycles. The predicted molar refractivity (Wildman–Crippen MR) is 68.9 cm³/mol. The maximum Gasteiger partial charge on any atom is -0.0290 e. The van der Waals surface area contributed by atoms with Crippen LogP contribution in [0.5, 0.6) is 0 Å². The summed E-state index contributed by atoms with van der Waals surface area (Å²) in [6.45, 7) is 9.33. The lowest BCUT2D eigenvalue weighted by atomic mass is 9.99. The van der Waals surface area contributed by atoms with Crippen molar-refractivity contribution < 1.29 is 0 Å². The monoisotopic (exact) mass is 208 g/mol. The van der Waals surface area contributed by atoms with Crippen LogP contribution in [0.4, 0.5) is 0 Å². The van der Waals surface area contributed by atoms with Crippen LogP contribution in [0.15, 0.2) is 12.2 Å². The van der Waals surface area contributed by atoms with E-state index in [0.29, 0.717) is 0 Å². The molecule has 1 aliphatic carbocycles. The van der Waals surface area contributed by atoms with Crippen LogP contribution in [0.25, 0.3) is 0 Å². The lowest BCUT2D eigenvalue weighted by Gasteiger charge is -2.07. The summed E-state index contributed by atoms with van der Waals surface area (Å²) in [6, 6.07) is 0. The Morgan fingerprint density at radius 3 is 2.27 bits per heavy atom. The highest BCUT2D eigenvalue weighted by molar-refractivity contribution is 4.85. The third kappa shape index (κ3) is 4.86. The van der Waals surface area contributed by atoms with Gasteiger partial charge in [-0.3, -0.25) is 0 Å². The molecule has 88 valence electrons. The molecule has 1 rings (SSSR count). The Bertz CT molecular complexity index is 180. The Balaban J connectivity index is 2.06. The van der Waals surface area contributed by atoms with Gasteiger partial charge in [-0.1, -0.05) is 46.3 Å². The van der Waals surface area contributed by atoms with E-state index in [-0.39, 0.29) is 0 Å². The molecule has 0 heteroatoms. The molecule has 0 nitrogen and oxygen atoms in total. The van der Waals surface area contributed by atoms with Crippen LogP contribution in [-0.4, -0.2) is 0 Å². The lowest BCUT2D eigenvalue weighted by Crippen LogP contribution is -1.95. The van der Waals surface area contributed by atoms with Gasteiger partial charge in [-0.25, -0.2) is 0 Å². The second-order valence-electron chi connectivity index (χ2n) is 5.90. The average molecular weight is 208 g/mol. The minimum absolute atomic E-state index is 0.719. The summed E-state index contributed by atoms with van der Waals surface area (Å²) in [5, 5.41) is 0. The topological polar surface area (TPSA) is 0 Å². The zero-order valence-electron chi connectivity index (χ0n) is 11.0. The minimum atomic E-state index is 0.719. The van der Waals surface area contributed by atoms with Crippen molar-refractivity contribution >= 4 is 0 Å². The zero-order chi connectivity index (χ0) is 11.3. The first-order chi connectivity index (χ1) is 7.09. The molecule has 15 heavy (non-hydrogen) atoms. The van der Waals surface area contributed by atoms with Gasteiger partial charge in [0.15, 0.2) is 0 Å². The van der Waals surface area contributed by atoms with Crippen LogP contribution in [0.1, 0.15) is 59.8 Å². The van der Waals surface area contributed by atoms with Gasteiger partial charge < -0.3 is 0 Å². The molecule has 1 fully saturated rings. The molecule has 2 unspecified atom stereocenters. The fourth-order valence-corrected chi connectivity index (χ4v) is 2.74. The van der Waals surface area contributed by atoms with Gasteiger partial charge in [-0.15, -0.1) is 0 Å². The van der Waals surface area contributed by atoms with E-state index in [2.05, 4.69) is 39.8 Å². The van der Waals surface area contributed by atoms with Gasteiger partial charge in [0.25, 0.3) is 0 Å². The zero-order valence-corrected chi connectivity index (χ0v) is 11.0. The quantitative estimate of drug-likeness (QED) is 0.438. The fourth-order valence-electron chi connectivity index (χ4n) is 2.74. The van der Waals surface area contributed by atoms with Crippen molar-refractivity contribution in [3.8, 4) is 0 Å². The lowest BCUT2D eigenvalue weighted by molar-refractivity contribution is 0.457. The van der Waals surface area contributed by atoms with Gasteiger partial charge >= 0.3 is 0 Å². The third-order valence-electron chi connectivity index (χ3n) is 3.89. The van der Waals surface area contributed by atoms with E-state index in [0.717, 1.165) is 23.7 Å². The largest absolute Gasteiger partial charge is 0.0883 e. The number of rotatable bonds is 5. The van der Waals surface area contributed by atoms with Crippen molar-refractivity contribution in [3.05, 3.63) is 12.2 Å². The smallest absolute Gasteiger partial charge is 0.0290 e. The van der Waals surface area contributed by atoms with Crippen LogP contribution >= 0.6 is 0 Å². The Morgan fingerprint density at radius 1 is 1.13 bits per heavy atom. The van der Waals surface area contributed by atoms with Crippen molar-refractivity contribution in [2.24, 2.45) is 23.7 Å². The van der Waals surface area contributed by atoms with E-state index < -0.39 is 0 Å². The van der Waals surface area contributed by atoms with Crippen molar-refractivity contribution in [2.45, 2.75) is 59.8 Å². The van der Waals surface area contributed by atoms with Gasteiger partial charge in [0.2, 0.25) is 0 Å². The summed E-state index contributed by atoms with van der Waals surface area (Å²) in [5.41, 5.74) is 0. The fraction of sp³-hybridized carbons (Fsp3) is 0.867. The Labute approximate surface area is 96.2 Å². The summed E-state index contributed by atoms with van der Waals surface area (Å²) in [6.07, 6.45) is 11.8. The minimum Gasteiger partial charge on any atom is -0.0883 e. The standard InChI is InChI=1S/C15H28/c1-12(2)8-6-5-7-9-15-10-13(3)14(4)11-15/h6,8,12-15H,5,7,9-11H2,1-4H3. The van der Waals surface area contributed by atoms with E-state index >= 15 is 0 Å². The van der Waals surface area contributed by atoms with Crippen molar-refractivity contribution in [1.29, 1.82) is 0 Å². The predicted octanol–water partition coefficient (Wildman–Crippen LogP) is 5.05. The molecule has 0 heterocycles. The van der Waals surface area contributed by atoms with Gasteiger partial charge in [-0.2, -0.15) is 0 Å². The summed E-state index contributed by atoms with van der Waals surface area (Å²) in [4.78, 5) is 0. The van der Waals surface area contributed by atoms with Gasteiger partial charge in [0.05, 0.1) is 0 Å². The molecule has 0 radical (unpaired) electrons. The molecular formula is C15H28. The first kappa shape index (κ1) is 12.8. The molecule has 1 aliphatic rings. The van der Waals surface area contributed by atoms with Crippen LogP contribution in [0.2, 0.25) is 0 Å². The van der Waals surface area contributed by atoms with Crippen molar-refractivity contribution in [2.75, 3.05) is 0 Å². The Morgan fingerprint density at radius 2 is 1.73 bits per heavy atom. The molecule has 0 amide bonds. The number of unbranched alkanes of at least 4 members (excludes halogenated alkanes) is 1. The summed E-state index contributed by atoms with van der Waals surface area (Å²) in [7, 11) is 0. The SMILES string of the molecule is CC(C)C=CCCCC1CC(C)C(C)C1. The third-order valence-corrected chi connectivity index (χ3v) is 3.89. The second kappa shape index (κ2) is 6.35. The van der Waals surface area contributed by atoms with E-state index in [1.807, 2.05) is 0 Å². The summed E-state index contributed by atoms with van der Waals surface area (Å²) in [5.74, 6) is 3.70. The molecule has 0 aromatic carbocycles. The molecule has 2 atom stereocenters. The molecule has 0 aromatic rings. The van der Waals surface area contributed by atoms with Crippen LogP contribution in [0, 0.1) is 23.7 Å². The highest BCUT2D eigenvalue weighted by atomic mass is 14.3. The Hall–Kier alpha value is -0.260. The number of hydrogen-bond donors (Lipinski definition) is 0. The summed E-state index contributed by atoms with van der Waals surface area (Å²) >= 11 is 0. The maximum absolute atomic E-state index is 2.42. The average Bonchev–Trinajstić information content (AvgIpc) is 2.45. The maximum atomic E-state index is 2.42. The normalized spacial score (nSPS) is 31.9. The Kier molecular flexibility index (Phi) is 5.42. The molecule has 0 spiro atoms. The first-order valence-electron chi connectivity index (χ1n) is 6.76. The van der Waals surface area contributed by atoms with Gasteiger partial charge in [0, 0.05) is 0 Å². The van der Waals surface area contributed by atoms with Crippen LogP contribution in [-0.2, 0) is 0 Å². The van der Waals surface area contributed by atoms with E-state index in [4.69, 9.17) is 0 Å². The molecule has 0 bridgehead atoms. The molecule has 0 N–H and O–H groups in total. The van der Waals surface area contributed by atoms with Crippen LogP contribution < -0.4 is 0 Å². The molecule has 0 saturated heterocycles.